The zero-order valence-corrected chi connectivity index (χ0v) is 18.0. The number of ether oxygens (including phenoxy) is 2. The van der Waals surface area contributed by atoms with E-state index in [2.05, 4.69) is 5.32 Å². The smallest absolute Gasteiger partial charge is 0.225 e. The molecular weight excluding hydrogens is 394 g/mol. The molecule has 1 aliphatic heterocycles. The van der Waals surface area contributed by atoms with E-state index in [9.17, 15) is 14.7 Å². The summed E-state index contributed by atoms with van der Waals surface area (Å²) in [5, 5.41) is 12.5. The number of Topliss-reactive ketones (excluding diaryl/α,β-unsaturated/α-hetero) is 1. The highest BCUT2D eigenvalue weighted by Gasteiger charge is 2.38. The maximum atomic E-state index is 13.2. The number of ketones is 1. The van der Waals surface area contributed by atoms with Gasteiger partial charge in [0.25, 0.3) is 0 Å². The first-order valence-electron chi connectivity index (χ1n) is 10.5. The maximum absolute atomic E-state index is 13.2. The van der Waals surface area contributed by atoms with Gasteiger partial charge in [0.2, 0.25) is 5.91 Å². The van der Waals surface area contributed by atoms with Gasteiger partial charge in [0.15, 0.2) is 17.3 Å². The van der Waals surface area contributed by atoms with Crippen LogP contribution in [0, 0.1) is 0 Å². The highest BCUT2D eigenvalue weighted by molar-refractivity contribution is 6.02. The minimum absolute atomic E-state index is 0.0259. The average Bonchev–Trinajstić information content (AvgIpc) is 2.73. The number of rotatable bonds is 5. The van der Waals surface area contributed by atoms with E-state index in [1.54, 1.807) is 31.4 Å². The summed E-state index contributed by atoms with van der Waals surface area (Å²) >= 11 is 0. The number of hydrogen-bond acceptors (Lipinski definition) is 5. The van der Waals surface area contributed by atoms with Crippen molar-refractivity contribution < 1.29 is 24.2 Å². The quantitative estimate of drug-likeness (QED) is 0.756. The molecule has 2 N–H and O–H groups in total. The predicted octanol–water partition coefficient (Wildman–Crippen LogP) is 4.19. The van der Waals surface area contributed by atoms with Crippen LogP contribution in [0.1, 0.15) is 56.1 Å². The number of phenolic OH excluding ortho intramolecular Hbond substituents is 1. The van der Waals surface area contributed by atoms with Gasteiger partial charge in [-0.15, -0.1) is 0 Å². The molecule has 2 aromatic carbocycles. The zero-order valence-electron chi connectivity index (χ0n) is 18.0. The summed E-state index contributed by atoms with van der Waals surface area (Å²) in [5.74, 6) is 1.08. The molecule has 0 aromatic heterocycles. The third-order valence-corrected chi connectivity index (χ3v) is 5.85. The number of methoxy groups -OCH3 is 1. The Labute approximate surface area is 181 Å². The van der Waals surface area contributed by atoms with Gasteiger partial charge in [-0.2, -0.15) is 0 Å². The second-order valence-electron chi connectivity index (χ2n) is 8.39. The molecule has 1 heterocycles. The molecule has 0 unspecified atom stereocenters. The van der Waals surface area contributed by atoms with Crippen LogP contribution in [0.4, 0.5) is 0 Å². The van der Waals surface area contributed by atoms with E-state index in [0.717, 1.165) is 11.1 Å². The summed E-state index contributed by atoms with van der Waals surface area (Å²) in [6, 6.07) is 12.5. The van der Waals surface area contributed by atoms with Gasteiger partial charge in [-0.3, -0.25) is 9.59 Å². The number of allylic oxidation sites excluding steroid dienone is 2. The van der Waals surface area contributed by atoms with Crippen molar-refractivity contribution in [1.29, 1.82) is 0 Å². The summed E-state index contributed by atoms with van der Waals surface area (Å²) in [6.45, 7) is 3.91. The molecule has 6 heteroatoms. The van der Waals surface area contributed by atoms with Gasteiger partial charge in [0, 0.05) is 30.0 Å². The van der Waals surface area contributed by atoms with Crippen molar-refractivity contribution >= 4 is 11.7 Å². The van der Waals surface area contributed by atoms with Crippen LogP contribution < -0.4 is 14.8 Å². The summed E-state index contributed by atoms with van der Waals surface area (Å²) in [6.07, 6.45) is 1.21. The number of amides is 1. The molecule has 2 atom stereocenters. The fourth-order valence-corrected chi connectivity index (χ4v) is 4.48. The second kappa shape index (κ2) is 8.46. The normalized spacial score (nSPS) is 21.0. The Kier molecular flexibility index (Phi) is 5.72. The summed E-state index contributed by atoms with van der Waals surface area (Å²) in [4.78, 5) is 25.6. The molecule has 2 aliphatic rings. The van der Waals surface area contributed by atoms with Crippen molar-refractivity contribution in [1.82, 2.24) is 5.32 Å². The van der Waals surface area contributed by atoms with Crippen LogP contribution in [0.3, 0.4) is 0 Å². The van der Waals surface area contributed by atoms with E-state index in [1.807, 2.05) is 32.0 Å². The van der Waals surface area contributed by atoms with Crippen molar-refractivity contribution in [2.45, 2.75) is 51.0 Å². The fraction of sp³-hybridized carbons (Fsp3) is 0.360. The van der Waals surface area contributed by atoms with E-state index >= 15 is 0 Å². The summed E-state index contributed by atoms with van der Waals surface area (Å²) in [5.41, 5.74) is 3.24. The number of carbonyl (C=O) groups excluding carboxylic acids is 2. The fourth-order valence-electron chi connectivity index (χ4n) is 4.48. The van der Waals surface area contributed by atoms with Gasteiger partial charge in [-0.05, 0) is 61.6 Å². The minimum atomic E-state index is -0.283. The predicted molar refractivity (Wildman–Crippen MR) is 116 cm³/mol. The molecule has 0 saturated heterocycles. The van der Waals surface area contributed by atoms with Crippen LogP contribution in [0.2, 0.25) is 0 Å². The minimum Gasteiger partial charge on any atom is -0.508 e. The lowest BCUT2D eigenvalue weighted by Gasteiger charge is -2.34. The Morgan fingerprint density at radius 2 is 1.68 bits per heavy atom. The lowest BCUT2D eigenvalue weighted by molar-refractivity contribution is -0.122. The molecule has 2 aromatic rings. The summed E-state index contributed by atoms with van der Waals surface area (Å²) in [7, 11) is 1.60. The van der Waals surface area contributed by atoms with Crippen LogP contribution in [-0.4, -0.2) is 30.0 Å². The number of carbonyl (C=O) groups is 2. The van der Waals surface area contributed by atoms with Gasteiger partial charge < -0.3 is 19.9 Å². The second-order valence-corrected chi connectivity index (χ2v) is 8.39. The molecule has 162 valence electrons. The molecule has 31 heavy (non-hydrogen) atoms. The number of aromatic hydroxyl groups is 1. The largest absolute Gasteiger partial charge is 0.508 e. The van der Waals surface area contributed by atoms with Gasteiger partial charge in [-0.25, -0.2) is 0 Å². The number of hydrogen-bond donors (Lipinski definition) is 2. The lowest BCUT2D eigenvalue weighted by Crippen LogP contribution is -2.38. The maximum Gasteiger partial charge on any atom is 0.225 e. The van der Waals surface area contributed by atoms with E-state index < -0.39 is 0 Å². The number of nitrogens with one attached hydrogen (secondary N) is 1. The molecule has 0 bridgehead atoms. The standard InChI is InChI=1S/C25H27NO5/c1-14(2)31-22-9-6-16(12-23(22)30-3)17-10-20-25(21(28)11-17)19(13-24(29)26-20)15-4-7-18(27)8-5-15/h4-9,12,14,17,19,27H,10-11,13H2,1-3H3,(H,26,29)/t17-,19+/m0/s1. The lowest BCUT2D eigenvalue weighted by atomic mass is 9.73. The SMILES string of the molecule is COc1cc([C@@H]2CC(=O)C3=C(C2)NC(=O)C[C@@H]3c2ccc(O)cc2)ccc1OC(C)C. The first-order chi connectivity index (χ1) is 14.9. The third kappa shape index (κ3) is 4.29. The first kappa shape index (κ1) is 21.0. The van der Waals surface area contributed by atoms with E-state index in [1.165, 1.54) is 0 Å². The van der Waals surface area contributed by atoms with Gasteiger partial charge in [-0.1, -0.05) is 18.2 Å². The van der Waals surface area contributed by atoms with E-state index in [4.69, 9.17) is 9.47 Å². The highest BCUT2D eigenvalue weighted by atomic mass is 16.5. The third-order valence-electron chi connectivity index (χ3n) is 5.85. The highest BCUT2D eigenvalue weighted by Crippen LogP contribution is 2.44. The Balaban J connectivity index is 1.65. The Morgan fingerprint density at radius 3 is 2.35 bits per heavy atom. The van der Waals surface area contributed by atoms with Crippen molar-refractivity contribution in [3.05, 3.63) is 64.9 Å². The molecule has 0 spiro atoms. The molecule has 1 aliphatic carbocycles. The Hall–Kier alpha value is -3.28. The van der Waals surface area contributed by atoms with Crippen LogP contribution >= 0.6 is 0 Å². The molecule has 1 amide bonds. The summed E-state index contributed by atoms with van der Waals surface area (Å²) < 4.78 is 11.3. The van der Waals surface area contributed by atoms with Gasteiger partial charge in [0.05, 0.1) is 13.2 Å². The van der Waals surface area contributed by atoms with Crippen molar-refractivity contribution in [3.63, 3.8) is 0 Å². The van der Waals surface area contributed by atoms with Gasteiger partial charge >= 0.3 is 0 Å². The van der Waals surface area contributed by atoms with E-state index in [-0.39, 0.29) is 41.8 Å². The Morgan fingerprint density at radius 1 is 0.968 bits per heavy atom. The first-order valence-corrected chi connectivity index (χ1v) is 10.5. The van der Waals surface area contributed by atoms with Crippen molar-refractivity contribution in [2.75, 3.05) is 7.11 Å². The van der Waals surface area contributed by atoms with Gasteiger partial charge in [0.1, 0.15) is 5.75 Å². The molecule has 0 saturated carbocycles. The average molecular weight is 421 g/mol. The molecule has 6 nitrogen and oxygen atoms in total. The number of phenols is 1. The van der Waals surface area contributed by atoms with Crippen LogP contribution in [-0.2, 0) is 9.59 Å². The van der Waals surface area contributed by atoms with E-state index in [0.29, 0.717) is 35.6 Å². The molecule has 4 rings (SSSR count). The molecule has 0 radical (unpaired) electrons. The number of benzene rings is 2. The van der Waals surface area contributed by atoms with Crippen LogP contribution in [0.5, 0.6) is 17.2 Å². The zero-order chi connectivity index (χ0) is 22.1. The van der Waals surface area contributed by atoms with Crippen molar-refractivity contribution in [2.24, 2.45) is 0 Å². The molecule has 0 fully saturated rings. The van der Waals surface area contributed by atoms with Crippen molar-refractivity contribution in [3.8, 4) is 17.2 Å². The monoisotopic (exact) mass is 421 g/mol. The Bertz CT molecular complexity index is 1040. The molecular formula is C25H27NO5. The van der Waals surface area contributed by atoms with Crippen LogP contribution in [0.15, 0.2) is 53.7 Å². The van der Waals surface area contributed by atoms with Crippen LogP contribution in [0.25, 0.3) is 0 Å². The topological polar surface area (TPSA) is 84.9 Å².